The molecule has 0 saturated heterocycles. The number of aromatic nitrogens is 1. The molecule has 0 amide bonds. The first-order valence-corrected chi connectivity index (χ1v) is 6.01. The molecule has 0 aliphatic heterocycles. The van der Waals surface area contributed by atoms with Gasteiger partial charge in [-0.2, -0.15) is 5.26 Å². The van der Waals surface area contributed by atoms with E-state index in [9.17, 15) is 4.79 Å². The Bertz CT molecular complexity index is 569. The first-order chi connectivity index (χ1) is 8.22. The highest BCUT2D eigenvalue weighted by molar-refractivity contribution is 7.09. The Balaban J connectivity index is 2.32. The summed E-state index contributed by atoms with van der Waals surface area (Å²) in [5.74, 6) is -0.999. The first-order valence-electron chi connectivity index (χ1n) is 5.13. The van der Waals surface area contributed by atoms with Crippen LogP contribution < -0.4 is 0 Å². The maximum Gasteiger partial charge on any atom is 0.203 e. The summed E-state index contributed by atoms with van der Waals surface area (Å²) in [6, 6.07) is 11.1. The van der Waals surface area contributed by atoms with Crippen LogP contribution in [-0.2, 0) is 0 Å². The van der Waals surface area contributed by atoms with E-state index in [1.54, 1.807) is 17.5 Å². The summed E-state index contributed by atoms with van der Waals surface area (Å²) in [7, 11) is 0. The summed E-state index contributed by atoms with van der Waals surface area (Å²) in [4.78, 5) is 16.2. The van der Waals surface area contributed by atoms with Gasteiger partial charge in [0.1, 0.15) is 11.6 Å². The van der Waals surface area contributed by atoms with E-state index < -0.39 is 5.92 Å². The first kappa shape index (κ1) is 11.5. The number of benzene rings is 1. The number of carbonyl (C=O) groups excluding carboxylic acids is 1. The minimum atomic E-state index is -0.766. The van der Waals surface area contributed by atoms with Crippen LogP contribution in [-0.4, -0.2) is 10.8 Å². The average Bonchev–Trinajstić information content (AvgIpc) is 2.78. The molecule has 0 fully saturated rings. The number of nitriles is 1. The predicted octanol–water partition coefficient (Wildman–Crippen LogP) is 2.94. The highest BCUT2D eigenvalue weighted by Gasteiger charge is 2.23. The van der Waals surface area contributed by atoms with Gasteiger partial charge >= 0.3 is 0 Å². The fraction of sp³-hybridized carbons (Fsp3) is 0.154. The molecule has 0 spiro atoms. The van der Waals surface area contributed by atoms with Gasteiger partial charge in [-0.1, -0.05) is 30.3 Å². The van der Waals surface area contributed by atoms with E-state index in [-0.39, 0.29) is 5.78 Å². The number of thiazole rings is 1. The number of carbonyl (C=O) groups is 1. The third-order valence-electron chi connectivity index (χ3n) is 2.40. The van der Waals surface area contributed by atoms with E-state index in [2.05, 4.69) is 4.98 Å². The van der Waals surface area contributed by atoms with Crippen molar-refractivity contribution in [2.75, 3.05) is 0 Å². The van der Waals surface area contributed by atoms with Gasteiger partial charge in [0.15, 0.2) is 0 Å². The van der Waals surface area contributed by atoms with E-state index in [0.717, 1.165) is 5.01 Å². The highest BCUT2D eigenvalue weighted by Crippen LogP contribution is 2.21. The Labute approximate surface area is 103 Å². The largest absolute Gasteiger partial charge is 0.291 e. The van der Waals surface area contributed by atoms with Crippen LogP contribution in [0.2, 0.25) is 0 Å². The minimum absolute atomic E-state index is 0.233. The summed E-state index contributed by atoms with van der Waals surface area (Å²) >= 11 is 1.41. The molecule has 3 nitrogen and oxygen atoms in total. The molecule has 4 heteroatoms. The van der Waals surface area contributed by atoms with Crippen LogP contribution in [0.15, 0.2) is 35.7 Å². The quantitative estimate of drug-likeness (QED) is 0.777. The zero-order valence-electron chi connectivity index (χ0n) is 9.25. The fourth-order valence-corrected chi connectivity index (χ4v) is 2.16. The van der Waals surface area contributed by atoms with Gasteiger partial charge in [-0.3, -0.25) is 4.79 Å². The van der Waals surface area contributed by atoms with E-state index >= 15 is 0 Å². The van der Waals surface area contributed by atoms with Crippen molar-refractivity contribution < 1.29 is 4.79 Å². The van der Waals surface area contributed by atoms with Crippen LogP contribution >= 0.6 is 11.3 Å². The van der Waals surface area contributed by atoms with Crippen molar-refractivity contribution in [1.82, 2.24) is 4.98 Å². The predicted molar refractivity (Wildman–Crippen MR) is 66.0 cm³/mol. The highest BCUT2D eigenvalue weighted by atomic mass is 32.1. The molecule has 1 atom stereocenters. The zero-order valence-corrected chi connectivity index (χ0v) is 10.1. The van der Waals surface area contributed by atoms with Gasteiger partial charge in [-0.25, -0.2) is 4.98 Å². The molecule has 1 aromatic carbocycles. The molecule has 0 saturated carbocycles. The summed E-state index contributed by atoms with van der Waals surface area (Å²) in [6.45, 7) is 1.84. The van der Waals surface area contributed by atoms with Crippen LogP contribution in [0.5, 0.6) is 0 Å². The molecule has 1 heterocycles. The van der Waals surface area contributed by atoms with Crippen molar-refractivity contribution in [1.29, 1.82) is 5.26 Å². The molecule has 0 N–H and O–H groups in total. The van der Waals surface area contributed by atoms with Crippen molar-refractivity contribution in [2.24, 2.45) is 0 Å². The smallest absolute Gasteiger partial charge is 0.203 e. The summed E-state index contributed by atoms with van der Waals surface area (Å²) < 4.78 is 0. The lowest BCUT2D eigenvalue weighted by Crippen LogP contribution is -2.11. The third-order valence-corrected chi connectivity index (χ3v) is 3.17. The number of hydrogen-bond donors (Lipinski definition) is 0. The zero-order chi connectivity index (χ0) is 12.3. The van der Waals surface area contributed by atoms with Crippen molar-refractivity contribution >= 4 is 17.1 Å². The molecule has 0 aliphatic rings. The Kier molecular flexibility index (Phi) is 3.31. The Hall–Kier alpha value is -1.99. The summed E-state index contributed by atoms with van der Waals surface area (Å²) in [5.41, 5.74) is 1.09. The van der Waals surface area contributed by atoms with Crippen LogP contribution in [0.3, 0.4) is 0 Å². The van der Waals surface area contributed by atoms with Crippen molar-refractivity contribution in [3.8, 4) is 6.07 Å². The molecule has 84 valence electrons. The topological polar surface area (TPSA) is 53.8 Å². The third kappa shape index (κ3) is 2.40. The van der Waals surface area contributed by atoms with E-state index in [0.29, 0.717) is 11.3 Å². The minimum Gasteiger partial charge on any atom is -0.291 e. The number of aryl methyl sites for hydroxylation is 1. The number of ketones is 1. The van der Waals surface area contributed by atoms with Crippen LogP contribution in [0.1, 0.15) is 27.0 Å². The van der Waals surface area contributed by atoms with Crippen molar-refractivity contribution in [3.05, 3.63) is 52.0 Å². The van der Waals surface area contributed by atoms with Crippen molar-refractivity contribution in [3.63, 3.8) is 0 Å². The Morgan fingerprint density at radius 3 is 2.65 bits per heavy atom. The molecule has 0 aliphatic carbocycles. The van der Waals surface area contributed by atoms with Gasteiger partial charge in [0.2, 0.25) is 5.78 Å². The number of Topliss-reactive ketones (excluding diaryl/α,β-unsaturated/α-hetero) is 1. The molecule has 2 aromatic rings. The maximum atomic E-state index is 12.1. The molecular weight excluding hydrogens is 232 g/mol. The second-order valence-corrected chi connectivity index (χ2v) is 4.65. The number of hydrogen-bond acceptors (Lipinski definition) is 4. The summed E-state index contributed by atoms with van der Waals surface area (Å²) in [5, 5.41) is 11.7. The van der Waals surface area contributed by atoms with Gasteiger partial charge in [0, 0.05) is 5.38 Å². The molecule has 0 radical (unpaired) electrons. The lowest BCUT2D eigenvalue weighted by atomic mass is 9.95. The number of rotatable bonds is 3. The number of nitrogens with zero attached hydrogens (tertiary/aromatic N) is 2. The van der Waals surface area contributed by atoms with Crippen LogP contribution in [0.25, 0.3) is 0 Å². The molecule has 1 unspecified atom stereocenters. The van der Waals surface area contributed by atoms with Gasteiger partial charge in [0.05, 0.1) is 11.1 Å². The molecule has 1 aromatic heterocycles. The fourth-order valence-electron chi connectivity index (χ4n) is 1.55. The van der Waals surface area contributed by atoms with Gasteiger partial charge < -0.3 is 0 Å². The van der Waals surface area contributed by atoms with Gasteiger partial charge in [-0.15, -0.1) is 11.3 Å². The van der Waals surface area contributed by atoms with E-state index in [4.69, 9.17) is 5.26 Å². The summed E-state index contributed by atoms with van der Waals surface area (Å²) in [6.07, 6.45) is 0. The van der Waals surface area contributed by atoms with Crippen LogP contribution in [0.4, 0.5) is 0 Å². The van der Waals surface area contributed by atoms with Crippen LogP contribution in [0, 0.1) is 18.3 Å². The van der Waals surface area contributed by atoms with Gasteiger partial charge in [-0.05, 0) is 12.5 Å². The maximum absolute atomic E-state index is 12.1. The van der Waals surface area contributed by atoms with Gasteiger partial charge in [0.25, 0.3) is 0 Å². The molecule has 0 bridgehead atoms. The van der Waals surface area contributed by atoms with E-state index in [1.807, 2.05) is 31.2 Å². The molecular formula is C13H10N2OS. The lowest BCUT2D eigenvalue weighted by Gasteiger charge is -2.05. The molecule has 17 heavy (non-hydrogen) atoms. The second-order valence-electron chi connectivity index (χ2n) is 3.59. The monoisotopic (exact) mass is 242 g/mol. The average molecular weight is 242 g/mol. The SMILES string of the molecule is Cc1nc(C(=O)C(C#N)c2ccccc2)cs1. The lowest BCUT2D eigenvalue weighted by molar-refractivity contribution is 0.0974. The van der Waals surface area contributed by atoms with Crippen molar-refractivity contribution in [2.45, 2.75) is 12.8 Å². The Morgan fingerprint density at radius 1 is 1.41 bits per heavy atom. The Morgan fingerprint density at radius 2 is 2.12 bits per heavy atom. The molecule has 2 rings (SSSR count). The normalized spacial score (nSPS) is 11.8. The van der Waals surface area contributed by atoms with E-state index in [1.165, 1.54) is 11.3 Å². The standard InChI is InChI=1S/C13H10N2OS/c1-9-15-12(8-17-9)13(16)11(7-14)10-5-3-2-4-6-10/h2-6,8,11H,1H3. The second kappa shape index (κ2) is 4.89.